The summed E-state index contributed by atoms with van der Waals surface area (Å²) in [6.07, 6.45) is 2.75. The smallest absolute Gasteiger partial charge is 0.225 e. The molecule has 4 nitrogen and oxygen atoms in total. The summed E-state index contributed by atoms with van der Waals surface area (Å²) in [5, 5.41) is 7.37. The van der Waals surface area contributed by atoms with Crippen molar-refractivity contribution < 1.29 is 4.79 Å². The van der Waals surface area contributed by atoms with E-state index < -0.39 is 0 Å². The molecule has 0 aliphatic carbocycles. The number of rotatable bonds is 4. The number of amides is 1. The maximum absolute atomic E-state index is 12.4. The average molecular weight is 374 g/mol. The number of benzene rings is 2. The Morgan fingerprint density at radius 3 is 2.80 bits per heavy atom. The fraction of sp³-hybridized carbons (Fsp3) is 0.263. The lowest BCUT2D eigenvalue weighted by molar-refractivity contribution is -0.116. The van der Waals surface area contributed by atoms with E-state index in [1.165, 1.54) is 0 Å². The zero-order valence-corrected chi connectivity index (χ0v) is 15.3. The number of fused-ring (bicyclic) bond motifs is 1. The Morgan fingerprint density at radius 1 is 1.20 bits per heavy atom. The molecule has 1 aromatic heterocycles. The molecule has 25 heavy (non-hydrogen) atoms. The van der Waals surface area contributed by atoms with Crippen molar-refractivity contribution in [3.8, 4) is 10.6 Å². The summed E-state index contributed by atoms with van der Waals surface area (Å²) in [6.45, 7) is 1.01. The predicted octanol–water partition coefficient (Wildman–Crippen LogP) is 4.47. The van der Waals surface area contributed by atoms with Crippen molar-refractivity contribution in [2.75, 3.05) is 11.9 Å². The highest BCUT2D eigenvalue weighted by Gasteiger charge is 2.19. The number of thiazole rings is 1. The second-order valence-electron chi connectivity index (χ2n) is 6.08. The van der Waals surface area contributed by atoms with Crippen LogP contribution in [0.4, 0.5) is 5.69 Å². The molecule has 6 heteroatoms. The molecule has 0 saturated carbocycles. The molecule has 1 aliphatic heterocycles. The van der Waals surface area contributed by atoms with Crippen LogP contribution in [0.3, 0.4) is 0 Å². The number of para-hydroxylation sites is 2. The molecule has 1 fully saturated rings. The van der Waals surface area contributed by atoms with E-state index in [-0.39, 0.29) is 18.3 Å². The van der Waals surface area contributed by atoms with Gasteiger partial charge in [0.2, 0.25) is 5.91 Å². The Labute approximate surface area is 157 Å². The van der Waals surface area contributed by atoms with Crippen LogP contribution in [0.2, 0.25) is 0 Å². The lowest BCUT2D eigenvalue weighted by atomic mass is 10.1. The molecule has 0 radical (unpaired) electrons. The molecule has 130 valence electrons. The monoisotopic (exact) mass is 373 g/mol. The van der Waals surface area contributed by atoms with Crippen molar-refractivity contribution in [1.82, 2.24) is 10.3 Å². The number of hydrogen-bond donors (Lipinski definition) is 2. The Balaban J connectivity index is 0.00000182. The lowest BCUT2D eigenvalue weighted by Crippen LogP contribution is -2.27. The number of carbonyl (C=O) groups excluding carboxylic acids is 1. The third-order valence-corrected chi connectivity index (χ3v) is 5.39. The minimum atomic E-state index is 0. The van der Waals surface area contributed by atoms with Gasteiger partial charge in [0.05, 0.1) is 15.9 Å². The van der Waals surface area contributed by atoms with Gasteiger partial charge in [-0.1, -0.05) is 24.3 Å². The van der Waals surface area contributed by atoms with Crippen molar-refractivity contribution in [3.63, 3.8) is 0 Å². The number of hydrogen-bond acceptors (Lipinski definition) is 4. The molecule has 2 aromatic carbocycles. The van der Waals surface area contributed by atoms with Gasteiger partial charge in [0.1, 0.15) is 5.01 Å². The Bertz CT molecular complexity index is 841. The first-order valence-electron chi connectivity index (χ1n) is 8.28. The van der Waals surface area contributed by atoms with E-state index in [2.05, 4.69) is 16.7 Å². The quantitative estimate of drug-likeness (QED) is 0.709. The third kappa shape index (κ3) is 4.00. The maximum Gasteiger partial charge on any atom is 0.225 e. The van der Waals surface area contributed by atoms with E-state index in [4.69, 9.17) is 4.98 Å². The lowest BCUT2D eigenvalue weighted by Gasteiger charge is -2.12. The molecule has 2 N–H and O–H groups in total. The highest BCUT2D eigenvalue weighted by Crippen LogP contribution is 2.34. The highest BCUT2D eigenvalue weighted by molar-refractivity contribution is 7.21. The van der Waals surface area contributed by atoms with E-state index in [0.29, 0.717) is 12.5 Å². The first-order chi connectivity index (χ1) is 11.8. The normalized spacial score (nSPS) is 16.6. The minimum Gasteiger partial charge on any atom is -0.325 e. The summed E-state index contributed by atoms with van der Waals surface area (Å²) in [7, 11) is 0. The van der Waals surface area contributed by atoms with Crippen LogP contribution >= 0.6 is 23.7 Å². The van der Waals surface area contributed by atoms with Crippen molar-refractivity contribution in [2.24, 2.45) is 0 Å². The number of nitrogens with one attached hydrogen (secondary N) is 2. The fourth-order valence-corrected chi connectivity index (χ4v) is 4.13. The molecule has 0 bridgehead atoms. The molecule has 1 atom stereocenters. The van der Waals surface area contributed by atoms with Crippen LogP contribution in [0.1, 0.15) is 19.3 Å². The minimum absolute atomic E-state index is 0. The second kappa shape index (κ2) is 7.95. The predicted molar refractivity (Wildman–Crippen MR) is 107 cm³/mol. The standard InChI is InChI=1S/C19H19N3OS.ClH/c23-18(12-13-6-5-11-20-13)21-15-8-2-1-7-14(15)19-22-16-9-3-4-10-17(16)24-19;/h1-4,7-10,13,20H,5-6,11-12H2,(H,21,23);1H. The summed E-state index contributed by atoms with van der Waals surface area (Å²) in [5.41, 5.74) is 2.81. The van der Waals surface area contributed by atoms with Gasteiger partial charge in [0, 0.05) is 18.0 Å². The maximum atomic E-state index is 12.4. The largest absolute Gasteiger partial charge is 0.325 e. The average Bonchev–Trinajstić information content (AvgIpc) is 3.24. The molecule has 2 heterocycles. The SMILES string of the molecule is Cl.O=C(CC1CCCN1)Nc1ccccc1-c1nc2ccccc2s1. The van der Waals surface area contributed by atoms with Crippen LogP contribution in [-0.2, 0) is 4.79 Å². The van der Waals surface area contributed by atoms with Gasteiger partial charge in [-0.3, -0.25) is 4.79 Å². The van der Waals surface area contributed by atoms with Gasteiger partial charge >= 0.3 is 0 Å². The molecular formula is C19H20ClN3OS. The summed E-state index contributed by atoms with van der Waals surface area (Å²) in [6, 6.07) is 16.3. The summed E-state index contributed by atoms with van der Waals surface area (Å²) in [4.78, 5) is 17.1. The second-order valence-corrected chi connectivity index (χ2v) is 7.11. The topological polar surface area (TPSA) is 54.0 Å². The van der Waals surface area contributed by atoms with E-state index in [1.807, 2.05) is 42.5 Å². The van der Waals surface area contributed by atoms with Crippen molar-refractivity contribution in [2.45, 2.75) is 25.3 Å². The Morgan fingerprint density at radius 2 is 2.00 bits per heavy atom. The molecule has 4 rings (SSSR count). The molecule has 1 aliphatic rings. The van der Waals surface area contributed by atoms with E-state index in [9.17, 15) is 4.79 Å². The van der Waals surface area contributed by atoms with Gasteiger partial charge in [-0.25, -0.2) is 4.98 Å². The van der Waals surface area contributed by atoms with Crippen LogP contribution in [0.25, 0.3) is 20.8 Å². The zero-order valence-electron chi connectivity index (χ0n) is 13.7. The molecule has 3 aromatic rings. The Hall–Kier alpha value is -1.95. The van der Waals surface area contributed by atoms with Crippen molar-refractivity contribution in [1.29, 1.82) is 0 Å². The Kier molecular flexibility index (Phi) is 5.68. The van der Waals surface area contributed by atoms with Gasteiger partial charge in [-0.05, 0) is 43.7 Å². The third-order valence-electron chi connectivity index (χ3n) is 4.32. The van der Waals surface area contributed by atoms with Crippen LogP contribution in [0.5, 0.6) is 0 Å². The number of nitrogens with zero attached hydrogens (tertiary/aromatic N) is 1. The first kappa shape index (κ1) is 17.9. The van der Waals surface area contributed by atoms with Gasteiger partial charge in [0.25, 0.3) is 0 Å². The number of aromatic nitrogens is 1. The van der Waals surface area contributed by atoms with Crippen LogP contribution in [-0.4, -0.2) is 23.5 Å². The summed E-state index contributed by atoms with van der Waals surface area (Å²) >= 11 is 1.65. The number of halogens is 1. The molecule has 1 unspecified atom stereocenters. The molecular weight excluding hydrogens is 354 g/mol. The summed E-state index contributed by atoms with van der Waals surface area (Å²) < 4.78 is 1.16. The van der Waals surface area contributed by atoms with Gasteiger partial charge in [-0.2, -0.15) is 0 Å². The van der Waals surface area contributed by atoms with Gasteiger partial charge in [0.15, 0.2) is 0 Å². The van der Waals surface area contributed by atoms with E-state index >= 15 is 0 Å². The highest BCUT2D eigenvalue weighted by atomic mass is 35.5. The van der Waals surface area contributed by atoms with E-state index in [1.54, 1.807) is 11.3 Å². The van der Waals surface area contributed by atoms with Crippen molar-refractivity contribution in [3.05, 3.63) is 48.5 Å². The zero-order chi connectivity index (χ0) is 16.4. The van der Waals surface area contributed by atoms with Crippen molar-refractivity contribution >= 4 is 45.6 Å². The molecule has 1 saturated heterocycles. The fourth-order valence-electron chi connectivity index (χ4n) is 3.12. The van der Waals surface area contributed by atoms with E-state index in [0.717, 1.165) is 45.9 Å². The first-order valence-corrected chi connectivity index (χ1v) is 9.09. The van der Waals surface area contributed by atoms with Crippen LogP contribution in [0.15, 0.2) is 48.5 Å². The number of carbonyl (C=O) groups is 1. The number of anilines is 1. The summed E-state index contributed by atoms with van der Waals surface area (Å²) in [5.74, 6) is 0.0583. The molecule has 1 amide bonds. The van der Waals surface area contributed by atoms with Crippen LogP contribution < -0.4 is 10.6 Å². The van der Waals surface area contributed by atoms with Gasteiger partial charge in [-0.15, -0.1) is 23.7 Å². The molecule has 0 spiro atoms. The van der Waals surface area contributed by atoms with Crippen LogP contribution in [0, 0.1) is 0 Å². The van der Waals surface area contributed by atoms with Gasteiger partial charge < -0.3 is 10.6 Å².